The van der Waals surface area contributed by atoms with Crippen LogP contribution in [0.3, 0.4) is 0 Å². The van der Waals surface area contributed by atoms with Gasteiger partial charge in [-0.3, -0.25) is 9.78 Å². The smallest absolute Gasteiger partial charge is 0.422 e. The van der Waals surface area contributed by atoms with E-state index in [-0.39, 0.29) is 23.6 Å². The number of carbonyl (C=O) groups is 1. The van der Waals surface area contributed by atoms with E-state index in [1.165, 1.54) is 6.20 Å². The largest absolute Gasteiger partial charge is 0.467 e. The van der Waals surface area contributed by atoms with E-state index in [1.54, 1.807) is 6.92 Å². The summed E-state index contributed by atoms with van der Waals surface area (Å²) < 4.78 is 41.1. The minimum atomic E-state index is -4.45. The SMILES string of the molecule is C[C@@H](NC(=O)[C@H](C)[C@@H](C)c1cccc2[nH]ccc12)c1cnc(OCC(F)(F)F)cn1. The molecule has 30 heavy (non-hydrogen) atoms. The molecule has 2 N–H and O–H groups in total. The number of amides is 1. The molecule has 1 aromatic carbocycles. The van der Waals surface area contributed by atoms with Gasteiger partial charge in [0.1, 0.15) is 0 Å². The zero-order valence-electron chi connectivity index (χ0n) is 16.8. The van der Waals surface area contributed by atoms with Crippen molar-refractivity contribution in [2.24, 2.45) is 5.92 Å². The molecule has 6 nitrogen and oxygen atoms in total. The Hall–Kier alpha value is -3.10. The number of nitrogens with zero attached hydrogens (tertiary/aromatic N) is 2. The normalized spacial score (nSPS) is 14.9. The third-order valence-electron chi connectivity index (χ3n) is 5.12. The molecular weight excluding hydrogens is 397 g/mol. The van der Waals surface area contributed by atoms with Crippen LogP contribution in [0.2, 0.25) is 0 Å². The van der Waals surface area contributed by atoms with Crippen LogP contribution >= 0.6 is 0 Å². The standard InChI is InChI=1S/C21H23F3N4O2/c1-12(15-5-4-6-17-16(15)7-8-25-17)13(2)20(29)28-14(3)18-9-27-19(10-26-18)30-11-21(22,23)24/h4-10,12-14,25H,11H2,1-3H3,(H,28,29)/t12-,13-,14-/m1/s1. The summed E-state index contributed by atoms with van der Waals surface area (Å²) in [5.41, 5.74) is 2.52. The highest BCUT2D eigenvalue weighted by molar-refractivity contribution is 5.85. The Balaban J connectivity index is 1.62. The molecular formula is C21H23F3N4O2. The van der Waals surface area contributed by atoms with Crippen molar-refractivity contribution in [1.82, 2.24) is 20.3 Å². The molecule has 0 unspecified atom stereocenters. The molecule has 0 radical (unpaired) electrons. The van der Waals surface area contributed by atoms with Crippen molar-refractivity contribution in [3.63, 3.8) is 0 Å². The number of aromatic amines is 1. The highest BCUT2D eigenvalue weighted by Crippen LogP contribution is 2.30. The maximum atomic E-state index is 12.8. The lowest BCUT2D eigenvalue weighted by atomic mass is 9.86. The van der Waals surface area contributed by atoms with E-state index in [4.69, 9.17) is 0 Å². The summed E-state index contributed by atoms with van der Waals surface area (Å²) in [7, 11) is 0. The molecule has 0 aliphatic carbocycles. The number of nitrogens with one attached hydrogen (secondary N) is 2. The molecule has 2 heterocycles. The maximum absolute atomic E-state index is 12.8. The summed E-state index contributed by atoms with van der Waals surface area (Å²) in [5, 5.41) is 3.98. The first-order valence-corrected chi connectivity index (χ1v) is 9.53. The fourth-order valence-electron chi connectivity index (χ4n) is 3.20. The fraction of sp³-hybridized carbons (Fsp3) is 0.381. The first-order chi connectivity index (χ1) is 14.2. The average Bonchev–Trinajstić information content (AvgIpc) is 3.19. The van der Waals surface area contributed by atoms with Crippen LogP contribution in [-0.4, -0.2) is 33.6 Å². The number of hydrogen-bond donors (Lipinski definition) is 2. The quantitative estimate of drug-likeness (QED) is 0.589. The molecule has 1 amide bonds. The van der Waals surface area contributed by atoms with Gasteiger partial charge in [0.15, 0.2) is 6.61 Å². The van der Waals surface area contributed by atoms with Gasteiger partial charge in [0.25, 0.3) is 0 Å². The highest BCUT2D eigenvalue weighted by Gasteiger charge is 2.29. The molecule has 3 atom stereocenters. The van der Waals surface area contributed by atoms with Gasteiger partial charge in [0.05, 0.1) is 24.1 Å². The number of hydrogen-bond acceptors (Lipinski definition) is 4. The number of fused-ring (bicyclic) bond motifs is 1. The molecule has 0 fully saturated rings. The lowest BCUT2D eigenvalue weighted by Gasteiger charge is -2.23. The second kappa shape index (κ2) is 8.73. The van der Waals surface area contributed by atoms with Crippen LogP contribution in [0.25, 0.3) is 10.9 Å². The summed E-state index contributed by atoms with van der Waals surface area (Å²) in [6.45, 7) is 4.17. The monoisotopic (exact) mass is 420 g/mol. The van der Waals surface area contributed by atoms with Crippen molar-refractivity contribution in [3.05, 3.63) is 54.1 Å². The third kappa shape index (κ3) is 5.08. The van der Waals surface area contributed by atoms with Gasteiger partial charge in [0.2, 0.25) is 11.8 Å². The lowest BCUT2D eigenvalue weighted by Crippen LogP contribution is -2.34. The van der Waals surface area contributed by atoms with Crippen molar-refractivity contribution >= 4 is 16.8 Å². The van der Waals surface area contributed by atoms with Crippen LogP contribution in [0.4, 0.5) is 13.2 Å². The molecule has 0 aliphatic heterocycles. The number of alkyl halides is 3. The minimum absolute atomic E-state index is 0.0269. The molecule has 3 rings (SSSR count). The van der Waals surface area contributed by atoms with Crippen LogP contribution < -0.4 is 10.1 Å². The van der Waals surface area contributed by atoms with Gasteiger partial charge in [-0.15, -0.1) is 0 Å². The Bertz CT molecular complexity index is 1000. The summed E-state index contributed by atoms with van der Waals surface area (Å²) in [5.74, 6) is -0.714. The summed E-state index contributed by atoms with van der Waals surface area (Å²) in [6, 6.07) is 7.49. The van der Waals surface area contributed by atoms with E-state index >= 15 is 0 Å². The highest BCUT2D eigenvalue weighted by atomic mass is 19.4. The summed E-state index contributed by atoms with van der Waals surface area (Å²) >= 11 is 0. The second-order valence-corrected chi connectivity index (χ2v) is 7.28. The van der Waals surface area contributed by atoms with Gasteiger partial charge >= 0.3 is 6.18 Å². The maximum Gasteiger partial charge on any atom is 0.422 e. The molecule has 0 aliphatic rings. The predicted octanol–water partition coefficient (Wildman–Crippen LogP) is 4.52. The topological polar surface area (TPSA) is 79.9 Å². The lowest BCUT2D eigenvalue weighted by molar-refractivity contribution is -0.154. The van der Waals surface area contributed by atoms with E-state index in [0.29, 0.717) is 5.69 Å². The van der Waals surface area contributed by atoms with E-state index in [2.05, 4.69) is 25.0 Å². The molecule has 160 valence electrons. The van der Waals surface area contributed by atoms with Crippen LogP contribution in [0.5, 0.6) is 5.88 Å². The molecule has 0 bridgehead atoms. The molecule has 0 saturated heterocycles. The predicted molar refractivity (Wildman–Crippen MR) is 106 cm³/mol. The Morgan fingerprint density at radius 2 is 1.93 bits per heavy atom. The van der Waals surface area contributed by atoms with Gasteiger partial charge < -0.3 is 15.0 Å². The number of aromatic nitrogens is 3. The van der Waals surface area contributed by atoms with Crippen LogP contribution in [0, 0.1) is 5.92 Å². The van der Waals surface area contributed by atoms with E-state index in [0.717, 1.165) is 22.7 Å². The van der Waals surface area contributed by atoms with E-state index in [1.807, 2.05) is 44.3 Å². The molecule has 0 spiro atoms. The van der Waals surface area contributed by atoms with Gasteiger partial charge in [0, 0.05) is 23.0 Å². The molecule has 0 saturated carbocycles. The van der Waals surface area contributed by atoms with Crippen molar-refractivity contribution < 1.29 is 22.7 Å². The minimum Gasteiger partial charge on any atom is -0.467 e. The zero-order chi connectivity index (χ0) is 21.9. The van der Waals surface area contributed by atoms with Crippen LogP contribution in [0.1, 0.15) is 44.0 Å². The number of carbonyl (C=O) groups excluding carboxylic acids is 1. The number of ether oxygens (including phenoxy) is 1. The Labute approximate surface area is 171 Å². The molecule has 9 heteroatoms. The van der Waals surface area contributed by atoms with Crippen molar-refractivity contribution in [2.45, 2.75) is 38.9 Å². The summed E-state index contributed by atoms with van der Waals surface area (Å²) in [4.78, 5) is 23.8. The Morgan fingerprint density at radius 3 is 2.60 bits per heavy atom. The first kappa shape index (κ1) is 21.6. The van der Waals surface area contributed by atoms with E-state index < -0.39 is 18.8 Å². The second-order valence-electron chi connectivity index (χ2n) is 7.28. The van der Waals surface area contributed by atoms with Gasteiger partial charge in [-0.1, -0.05) is 26.0 Å². The number of rotatable bonds is 7. The van der Waals surface area contributed by atoms with Crippen LogP contribution in [0.15, 0.2) is 42.9 Å². The molecule has 2 aromatic heterocycles. The Kier molecular flexibility index (Phi) is 6.28. The molecule has 3 aromatic rings. The van der Waals surface area contributed by atoms with Gasteiger partial charge in [-0.25, -0.2) is 4.98 Å². The van der Waals surface area contributed by atoms with Gasteiger partial charge in [-0.2, -0.15) is 13.2 Å². The fourth-order valence-corrected chi connectivity index (χ4v) is 3.20. The van der Waals surface area contributed by atoms with E-state index in [9.17, 15) is 18.0 Å². The number of benzene rings is 1. The average molecular weight is 420 g/mol. The number of H-pyrrole nitrogens is 1. The summed E-state index contributed by atoms with van der Waals surface area (Å²) in [6.07, 6.45) is -0.165. The first-order valence-electron chi connectivity index (χ1n) is 9.53. The van der Waals surface area contributed by atoms with Crippen molar-refractivity contribution in [1.29, 1.82) is 0 Å². The Morgan fingerprint density at radius 1 is 1.17 bits per heavy atom. The number of halogens is 3. The van der Waals surface area contributed by atoms with Crippen molar-refractivity contribution in [2.75, 3.05) is 6.61 Å². The van der Waals surface area contributed by atoms with Gasteiger partial charge in [-0.05, 0) is 30.5 Å². The third-order valence-corrected chi connectivity index (χ3v) is 5.12. The van der Waals surface area contributed by atoms with Crippen LogP contribution in [-0.2, 0) is 4.79 Å². The van der Waals surface area contributed by atoms with Crippen molar-refractivity contribution in [3.8, 4) is 5.88 Å². The zero-order valence-corrected chi connectivity index (χ0v) is 16.8.